The number of aliphatic carboxylic acids is 1. The van der Waals surface area contributed by atoms with E-state index in [2.05, 4.69) is 13.8 Å². The molecule has 0 fully saturated rings. The van der Waals surface area contributed by atoms with Crippen molar-refractivity contribution in [3.05, 3.63) is 0 Å². The Hall–Kier alpha value is -1.10. The Labute approximate surface area is 267 Å². The molecule has 2 unspecified atom stereocenters. The number of aliphatic hydroxyl groups excluding tert-OH is 1. The molecule has 256 valence electrons. The van der Waals surface area contributed by atoms with E-state index < -0.39 is 24.1 Å². The van der Waals surface area contributed by atoms with Gasteiger partial charge in [-0.05, 0) is 19.3 Å². The summed E-state index contributed by atoms with van der Waals surface area (Å²) < 4.78 is 5.18. The van der Waals surface area contributed by atoms with E-state index in [4.69, 9.17) is 4.74 Å². The topological polar surface area (TPSA) is 83.8 Å². The molecule has 5 heteroatoms. The second kappa shape index (κ2) is 33.8. The van der Waals surface area contributed by atoms with Gasteiger partial charge in [-0.25, -0.2) is 9.59 Å². The van der Waals surface area contributed by atoms with Crippen molar-refractivity contribution in [3.63, 3.8) is 0 Å². The zero-order valence-electron chi connectivity index (χ0n) is 28.9. The van der Waals surface area contributed by atoms with E-state index in [-0.39, 0.29) is 0 Å². The van der Waals surface area contributed by atoms with Gasteiger partial charge in [-0.1, -0.05) is 200 Å². The van der Waals surface area contributed by atoms with Gasteiger partial charge in [0.2, 0.25) is 0 Å². The predicted octanol–water partition coefficient (Wildman–Crippen LogP) is 11.9. The third-order valence-electron chi connectivity index (χ3n) is 8.96. The zero-order valence-corrected chi connectivity index (χ0v) is 28.9. The van der Waals surface area contributed by atoms with Crippen molar-refractivity contribution in [2.75, 3.05) is 0 Å². The SMILES string of the molecule is CCCCCCCCCCCCCCCCCCC(O)C(=O)OC(CCCCCCCCCCCCCCCC)C(=O)O. The van der Waals surface area contributed by atoms with Crippen LogP contribution in [0.2, 0.25) is 0 Å². The van der Waals surface area contributed by atoms with Gasteiger partial charge in [-0.15, -0.1) is 0 Å². The maximum atomic E-state index is 12.3. The van der Waals surface area contributed by atoms with Crippen LogP contribution < -0.4 is 0 Å². The lowest BCUT2D eigenvalue weighted by molar-refractivity contribution is -0.170. The Morgan fingerprint density at radius 1 is 0.442 bits per heavy atom. The third-order valence-corrected chi connectivity index (χ3v) is 8.96. The standard InChI is InChI=1S/C38H74O5/c1-3-5-7-9-11-13-15-17-19-20-21-23-25-27-29-31-33-35(39)38(42)43-36(37(40)41)34-32-30-28-26-24-22-18-16-14-12-10-8-6-4-2/h35-36,39H,3-34H2,1-2H3,(H,40,41). The number of hydrogen-bond acceptors (Lipinski definition) is 4. The van der Waals surface area contributed by atoms with Crippen LogP contribution in [0.15, 0.2) is 0 Å². The Bertz CT molecular complexity index is 593. The number of carbonyl (C=O) groups is 2. The lowest BCUT2D eigenvalue weighted by Gasteiger charge is -2.16. The minimum Gasteiger partial charge on any atom is -0.479 e. The van der Waals surface area contributed by atoms with Crippen LogP contribution in [0.5, 0.6) is 0 Å². The molecule has 0 bridgehead atoms. The minimum absolute atomic E-state index is 0.324. The van der Waals surface area contributed by atoms with Crippen molar-refractivity contribution >= 4 is 11.9 Å². The first kappa shape index (κ1) is 41.9. The van der Waals surface area contributed by atoms with Crippen molar-refractivity contribution in [2.45, 2.75) is 232 Å². The summed E-state index contributed by atoms with van der Waals surface area (Å²) >= 11 is 0. The molecule has 0 aromatic heterocycles. The Morgan fingerprint density at radius 3 is 0.977 bits per heavy atom. The maximum absolute atomic E-state index is 12.3. The summed E-state index contributed by atoms with van der Waals surface area (Å²) in [6.45, 7) is 4.53. The molecule has 0 aromatic rings. The lowest BCUT2D eigenvalue weighted by Crippen LogP contribution is -2.32. The summed E-state index contributed by atoms with van der Waals surface area (Å²) in [7, 11) is 0. The average molecular weight is 611 g/mol. The number of carboxylic acid groups (broad SMARTS) is 1. The van der Waals surface area contributed by atoms with Gasteiger partial charge in [0.25, 0.3) is 0 Å². The van der Waals surface area contributed by atoms with Gasteiger partial charge in [0.1, 0.15) is 0 Å². The molecule has 2 atom stereocenters. The van der Waals surface area contributed by atoms with Gasteiger partial charge in [0.15, 0.2) is 12.2 Å². The number of hydrogen-bond donors (Lipinski definition) is 2. The number of aliphatic hydroxyl groups is 1. The van der Waals surface area contributed by atoms with E-state index in [9.17, 15) is 19.8 Å². The molecule has 43 heavy (non-hydrogen) atoms. The van der Waals surface area contributed by atoms with E-state index in [1.165, 1.54) is 154 Å². The van der Waals surface area contributed by atoms with E-state index in [0.717, 1.165) is 38.5 Å². The fraction of sp³-hybridized carbons (Fsp3) is 0.947. The molecule has 0 aliphatic heterocycles. The average Bonchev–Trinajstić information content (AvgIpc) is 3.00. The zero-order chi connectivity index (χ0) is 31.6. The van der Waals surface area contributed by atoms with Crippen molar-refractivity contribution in [3.8, 4) is 0 Å². The molecule has 0 saturated carbocycles. The maximum Gasteiger partial charge on any atom is 0.345 e. The van der Waals surface area contributed by atoms with Crippen LogP contribution in [-0.2, 0) is 14.3 Å². The summed E-state index contributed by atoms with van der Waals surface area (Å²) in [5, 5.41) is 19.7. The summed E-state index contributed by atoms with van der Waals surface area (Å²) in [6.07, 6.45) is 36.2. The van der Waals surface area contributed by atoms with Crippen LogP contribution in [0, 0.1) is 0 Å². The highest BCUT2D eigenvalue weighted by molar-refractivity contribution is 5.80. The van der Waals surface area contributed by atoms with Crippen molar-refractivity contribution in [2.24, 2.45) is 0 Å². The summed E-state index contributed by atoms with van der Waals surface area (Å²) in [4.78, 5) is 23.8. The molecule has 0 spiro atoms. The van der Waals surface area contributed by atoms with E-state index in [1.54, 1.807) is 0 Å². The molecule has 0 aromatic carbocycles. The Balaban J connectivity index is 3.63. The van der Waals surface area contributed by atoms with Gasteiger partial charge < -0.3 is 14.9 Å². The van der Waals surface area contributed by atoms with Crippen molar-refractivity contribution < 1.29 is 24.5 Å². The number of unbranched alkanes of at least 4 members (excludes halogenated alkanes) is 28. The quantitative estimate of drug-likeness (QED) is 0.0551. The highest BCUT2D eigenvalue weighted by atomic mass is 16.6. The number of esters is 1. The normalized spacial score (nSPS) is 12.8. The molecule has 5 nitrogen and oxygen atoms in total. The van der Waals surface area contributed by atoms with Gasteiger partial charge >= 0.3 is 11.9 Å². The smallest absolute Gasteiger partial charge is 0.345 e. The fourth-order valence-corrected chi connectivity index (χ4v) is 5.98. The molecule has 2 N–H and O–H groups in total. The minimum atomic E-state index is -1.22. The van der Waals surface area contributed by atoms with E-state index in [0.29, 0.717) is 12.8 Å². The summed E-state index contributed by atoms with van der Waals surface area (Å²) in [5.74, 6) is -1.89. The van der Waals surface area contributed by atoms with Gasteiger partial charge in [-0.2, -0.15) is 0 Å². The van der Waals surface area contributed by atoms with Gasteiger partial charge in [0.05, 0.1) is 0 Å². The van der Waals surface area contributed by atoms with Gasteiger partial charge in [-0.3, -0.25) is 0 Å². The second-order valence-corrected chi connectivity index (χ2v) is 13.3. The third kappa shape index (κ3) is 30.7. The Kier molecular flexibility index (Phi) is 32.9. The first-order valence-corrected chi connectivity index (χ1v) is 19.1. The van der Waals surface area contributed by atoms with Crippen LogP contribution >= 0.6 is 0 Å². The molecule has 0 radical (unpaired) electrons. The van der Waals surface area contributed by atoms with E-state index in [1.807, 2.05) is 0 Å². The monoisotopic (exact) mass is 611 g/mol. The molecular weight excluding hydrogens is 536 g/mol. The number of ether oxygens (including phenoxy) is 1. The first-order chi connectivity index (χ1) is 21.0. The highest BCUT2D eigenvalue weighted by Gasteiger charge is 2.25. The highest BCUT2D eigenvalue weighted by Crippen LogP contribution is 2.17. The summed E-state index contributed by atoms with van der Waals surface area (Å²) in [6, 6.07) is 0. The number of carbonyl (C=O) groups excluding carboxylic acids is 1. The van der Waals surface area contributed by atoms with Crippen LogP contribution in [-0.4, -0.2) is 34.4 Å². The predicted molar refractivity (Wildman–Crippen MR) is 183 cm³/mol. The second-order valence-electron chi connectivity index (χ2n) is 13.3. The Morgan fingerprint density at radius 2 is 0.698 bits per heavy atom. The van der Waals surface area contributed by atoms with Crippen LogP contribution in [0.1, 0.15) is 219 Å². The fourth-order valence-electron chi connectivity index (χ4n) is 5.98. The largest absolute Gasteiger partial charge is 0.479 e. The number of carboxylic acids is 1. The van der Waals surface area contributed by atoms with E-state index >= 15 is 0 Å². The molecule has 0 amide bonds. The van der Waals surface area contributed by atoms with Crippen molar-refractivity contribution in [1.82, 2.24) is 0 Å². The summed E-state index contributed by atoms with van der Waals surface area (Å²) in [5.41, 5.74) is 0. The lowest BCUT2D eigenvalue weighted by atomic mass is 10.0. The molecule has 0 rings (SSSR count). The van der Waals surface area contributed by atoms with Crippen molar-refractivity contribution in [1.29, 1.82) is 0 Å². The number of rotatable bonds is 35. The van der Waals surface area contributed by atoms with Crippen LogP contribution in [0.25, 0.3) is 0 Å². The molecular formula is C38H74O5. The first-order valence-electron chi connectivity index (χ1n) is 19.1. The molecule has 0 aliphatic carbocycles. The van der Waals surface area contributed by atoms with Crippen LogP contribution in [0.3, 0.4) is 0 Å². The molecule has 0 aliphatic rings. The van der Waals surface area contributed by atoms with Gasteiger partial charge in [0, 0.05) is 0 Å². The molecule has 0 heterocycles. The van der Waals surface area contributed by atoms with Crippen LogP contribution in [0.4, 0.5) is 0 Å². The molecule has 0 saturated heterocycles.